The molecule has 3 rings (SSSR count). The van der Waals surface area contributed by atoms with E-state index in [-0.39, 0.29) is 17.8 Å². The molecule has 0 aliphatic rings. The summed E-state index contributed by atoms with van der Waals surface area (Å²) in [6.45, 7) is 3.25. The average molecular weight is 350 g/mol. The van der Waals surface area contributed by atoms with Gasteiger partial charge < -0.3 is 10.1 Å². The van der Waals surface area contributed by atoms with Crippen LogP contribution in [0.3, 0.4) is 0 Å². The minimum absolute atomic E-state index is 0. The third kappa shape index (κ3) is 3.90. The van der Waals surface area contributed by atoms with E-state index in [0.717, 1.165) is 25.7 Å². The van der Waals surface area contributed by atoms with Gasteiger partial charge >= 0.3 is 0 Å². The van der Waals surface area contributed by atoms with Crippen molar-refractivity contribution in [1.29, 1.82) is 0 Å². The second kappa shape index (κ2) is 7.88. The van der Waals surface area contributed by atoms with E-state index in [1.54, 1.807) is 11.3 Å². The molecule has 1 unspecified atom stereocenters. The molecular formula is C18H20ClNO2S. The predicted octanol–water partition coefficient (Wildman–Crippen LogP) is 3.96. The number of benzene rings is 2. The zero-order valence-electron chi connectivity index (χ0n) is 13.2. The number of fused-ring (bicyclic) bond motifs is 2. The molecule has 2 aromatic carbocycles. The standard InChI is InChI=1S/C18H19NO2S.ClH/c1-12(19-2)10-21-11-13-7-8-17-15(9-13)18(20)14-5-3-4-6-16(14)22-17;/h3-9,12,19H,10-11H2,1-2H3;1H. The van der Waals surface area contributed by atoms with Gasteiger partial charge in [-0.25, -0.2) is 0 Å². The van der Waals surface area contributed by atoms with Crippen LogP contribution in [0.15, 0.2) is 47.3 Å². The van der Waals surface area contributed by atoms with E-state index in [2.05, 4.69) is 12.2 Å². The average Bonchev–Trinajstić information content (AvgIpc) is 2.55. The van der Waals surface area contributed by atoms with E-state index in [9.17, 15) is 4.79 Å². The summed E-state index contributed by atoms with van der Waals surface area (Å²) in [4.78, 5) is 12.6. The van der Waals surface area contributed by atoms with Gasteiger partial charge in [0.1, 0.15) is 0 Å². The van der Waals surface area contributed by atoms with E-state index < -0.39 is 0 Å². The van der Waals surface area contributed by atoms with Gasteiger partial charge in [0, 0.05) is 26.2 Å². The molecule has 1 aromatic heterocycles. The minimum atomic E-state index is 0. The summed E-state index contributed by atoms with van der Waals surface area (Å²) in [5, 5.41) is 4.71. The van der Waals surface area contributed by atoms with Gasteiger partial charge in [0.05, 0.1) is 13.2 Å². The van der Waals surface area contributed by atoms with Crippen LogP contribution in [0.4, 0.5) is 0 Å². The highest BCUT2D eigenvalue weighted by Crippen LogP contribution is 2.25. The van der Waals surface area contributed by atoms with Crippen molar-refractivity contribution < 1.29 is 4.74 Å². The highest BCUT2D eigenvalue weighted by atomic mass is 35.5. The predicted molar refractivity (Wildman–Crippen MR) is 101 cm³/mol. The Morgan fingerprint density at radius 3 is 2.65 bits per heavy atom. The number of hydrogen-bond acceptors (Lipinski definition) is 4. The molecule has 0 aliphatic carbocycles. The number of likely N-dealkylation sites (N-methyl/N-ethyl adjacent to an activating group) is 1. The largest absolute Gasteiger partial charge is 0.375 e. The third-order valence-corrected chi connectivity index (χ3v) is 4.92. The van der Waals surface area contributed by atoms with Gasteiger partial charge in [-0.05, 0) is 43.8 Å². The molecule has 1 N–H and O–H groups in total. The Morgan fingerprint density at radius 1 is 1.13 bits per heavy atom. The van der Waals surface area contributed by atoms with Crippen molar-refractivity contribution in [3.63, 3.8) is 0 Å². The van der Waals surface area contributed by atoms with Gasteiger partial charge in [0.25, 0.3) is 0 Å². The first-order valence-corrected chi connectivity index (χ1v) is 8.20. The maximum atomic E-state index is 12.6. The van der Waals surface area contributed by atoms with Crippen LogP contribution in [0.5, 0.6) is 0 Å². The van der Waals surface area contributed by atoms with E-state index in [1.807, 2.05) is 49.5 Å². The Bertz CT molecular complexity index is 862. The Kier molecular flexibility index (Phi) is 6.13. The SMILES string of the molecule is CNC(C)COCc1ccc2sc3ccccc3c(=O)c2c1.Cl. The zero-order valence-corrected chi connectivity index (χ0v) is 14.8. The fourth-order valence-electron chi connectivity index (χ4n) is 2.38. The van der Waals surface area contributed by atoms with Crippen LogP contribution in [0.1, 0.15) is 12.5 Å². The van der Waals surface area contributed by atoms with Gasteiger partial charge in [-0.3, -0.25) is 4.79 Å². The smallest absolute Gasteiger partial charge is 0.195 e. The summed E-state index contributed by atoms with van der Waals surface area (Å²) in [6.07, 6.45) is 0. The minimum Gasteiger partial charge on any atom is -0.375 e. The summed E-state index contributed by atoms with van der Waals surface area (Å²) < 4.78 is 7.75. The first-order chi connectivity index (χ1) is 10.7. The normalized spacial score (nSPS) is 12.3. The lowest BCUT2D eigenvalue weighted by atomic mass is 10.1. The molecule has 0 amide bonds. The summed E-state index contributed by atoms with van der Waals surface area (Å²) in [7, 11) is 1.92. The second-order valence-corrected chi connectivity index (χ2v) is 6.55. The van der Waals surface area contributed by atoms with E-state index in [0.29, 0.717) is 19.3 Å². The van der Waals surface area contributed by atoms with Crippen molar-refractivity contribution in [2.24, 2.45) is 0 Å². The van der Waals surface area contributed by atoms with Crippen LogP contribution in [0.25, 0.3) is 20.2 Å². The second-order valence-electron chi connectivity index (χ2n) is 5.46. The maximum Gasteiger partial charge on any atom is 0.195 e. The summed E-state index contributed by atoms with van der Waals surface area (Å²) in [5.74, 6) is 0. The van der Waals surface area contributed by atoms with Crippen LogP contribution in [-0.2, 0) is 11.3 Å². The van der Waals surface area contributed by atoms with E-state index in [1.165, 1.54) is 0 Å². The number of nitrogens with one attached hydrogen (secondary N) is 1. The number of halogens is 1. The van der Waals surface area contributed by atoms with Gasteiger partial charge in [0.15, 0.2) is 5.43 Å². The van der Waals surface area contributed by atoms with Crippen molar-refractivity contribution in [2.45, 2.75) is 19.6 Å². The highest BCUT2D eigenvalue weighted by Gasteiger charge is 2.07. The molecular weight excluding hydrogens is 330 g/mol. The van der Waals surface area contributed by atoms with Gasteiger partial charge in [-0.15, -0.1) is 23.7 Å². The van der Waals surface area contributed by atoms with Crippen LogP contribution >= 0.6 is 23.7 Å². The fraction of sp³-hybridized carbons (Fsp3) is 0.278. The first-order valence-electron chi connectivity index (χ1n) is 7.38. The number of ether oxygens (including phenoxy) is 1. The number of rotatable bonds is 5. The molecule has 0 spiro atoms. The summed E-state index contributed by atoms with van der Waals surface area (Å²) in [5.41, 5.74) is 1.14. The zero-order chi connectivity index (χ0) is 15.5. The lowest BCUT2D eigenvalue weighted by Gasteiger charge is -2.11. The van der Waals surface area contributed by atoms with Crippen LogP contribution in [0, 0.1) is 0 Å². The van der Waals surface area contributed by atoms with E-state index >= 15 is 0 Å². The first kappa shape index (κ1) is 17.9. The molecule has 23 heavy (non-hydrogen) atoms. The number of hydrogen-bond donors (Lipinski definition) is 1. The Hall–Kier alpha value is -1.46. The highest BCUT2D eigenvalue weighted by molar-refractivity contribution is 7.24. The third-order valence-electron chi connectivity index (χ3n) is 3.77. The van der Waals surface area contributed by atoms with E-state index in [4.69, 9.17) is 4.74 Å². The maximum absolute atomic E-state index is 12.6. The molecule has 0 saturated carbocycles. The Labute approximate surface area is 145 Å². The Balaban J connectivity index is 0.00000192. The molecule has 3 nitrogen and oxygen atoms in total. The van der Waals surface area contributed by atoms with Gasteiger partial charge in [0.2, 0.25) is 0 Å². The van der Waals surface area contributed by atoms with Crippen molar-refractivity contribution in [3.8, 4) is 0 Å². The van der Waals surface area contributed by atoms with Crippen molar-refractivity contribution in [2.75, 3.05) is 13.7 Å². The quantitative estimate of drug-likeness (QED) is 0.708. The fourth-order valence-corrected chi connectivity index (χ4v) is 3.43. The molecule has 0 saturated heterocycles. The lowest BCUT2D eigenvalue weighted by molar-refractivity contribution is 0.105. The lowest BCUT2D eigenvalue weighted by Crippen LogP contribution is -2.26. The molecule has 0 fully saturated rings. The molecule has 5 heteroatoms. The molecule has 0 bridgehead atoms. The van der Waals surface area contributed by atoms with Crippen LogP contribution in [0.2, 0.25) is 0 Å². The van der Waals surface area contributed by atoms with Gasteiger partial charge in [-0.1, -0.05) is 18.2 Å². The van der Waals surface area contributed by atoms with Crippen LogP contribution < -0.4 is 10.7 Å². The Morgan fingerprint density at radius 2 is 1.87 bits per heavy atom. The van der Waals surface area contributed by atoms with Gasteiger partial charge in [-0.2, -0.15) is 0 Å². The van der Waals surface area contributed by atoms with Crippen molar-refractivity contribution in [3.05, 3.63) is 58.3 Å². The summed E-state index contributed by atoms with van der Waals surface area (Å²) >= 11 is 1.66. The molecule has 3 aromatic rings. The molecule has 1 atom stereocenters. The molecule has 0 aliphatic heterocycles. The van der Waals surface area contributed by atoms with Crippen LogP contribution in [-0.4, -0.2) is 19.7 Å². The monoisotopic (exact) mass is 349 g/mol. The topological polar surface area (TPSA) is 38.3 Å². The molecule has 0 radical (unpaired) electrons. The van der Waals surface area contributed by atoms with Crippen molar-refractivity contribution in [1.82, 2.24) is 5.32 Å². The molecule has 122 valence electrons. The molecule has 1 heterocycles. The summed E-state index contributed by atoms with van der Waals surface area (Å²) in [6, 6.07) is 14.1. The van der Waals surface area contributed by atoms with Crippen molar-refractivity contribution >= 4 is 43.9 Å².